The molecule has 2 rings (SSSR count). The Hall–Kier alpha value is -1.49. The lowest BCUT2D eigenvalue weighted by Gasteiger charge is -2.21. The number of hydrazine groups is 1. The highest BCUT2D eigenvalue weighted by molar-refractivity contribution is 6.31. The number of aryl methyl sites for hydroxylation is 2. The van der Waals surface area contributed by atoms with Gasteiger partial charge in [-0.3, -0.25) is 5.84 Å². The number of nitrogens with one attached hydrogen (secondary N) is 1. The summed E-state index contributed by atoms with van der Waals surface area (Å²) in [5.74, 6) is 4.54. The molecule has 0 radical (unpaired) electrons. The van der Waals surface area contributed by atoms with E-state index in [4.69, 9.17) is 17.4 Å². The normalized spacial score (nSPS) is 12.5. The summed E-state index contributed by atoms with van der Waals surface area (Å²) in [5.41, 5.74) is 4.37. The molecule has 0 aliphatic rings. The zero-order valence-electron chi connectivity index (χ0n) is 11.2. The van der Waals surface area contributed by atoms with E-state index in [1.54, 1.807) is 19.9 Å². The van der Waals surface area contributed by atoms with E-state index in [9.17, 15) is 8.78 Å². The van der Waals surface area contributed by atoms with Gasteiger partial charge in [-0.2, -0.15) is 0 Å². The molecule has 0 aromatic heterocycles. The molecule has 2 nitrogen and oxygen atoms in total. The molecule has 0 aliphatic carbocycles. The van der Waals surface area contributed by atoms with Gasteiger partial charge in [0.25, 0.3) is 0 Å². The van der Waals surface area contributed by atoms with Gasteiger partial charge in [0.15, 0.2) is 0 Å². The lowest BCUT2D eigenvalue weighted by Crippen LogP contribution is -2.31. The second-order valence-corrected chi connectivity index (χ2v) is 5.12. The Morgan fingerprint density at radius 1 is 1.10 bits per heavy atom. The van der Waals surface area contributed by atoms with E-state index in [2.05, 4.69) is 5.43 Å². The van der Waals surface area contributed by atoms with Crippen molar-refractivity contribution in [3.8, 4) is 0 Å². The standard InChI is InChI=1S/C15H15ClF2N2/c1-8-6-9(2)13(12(18)7-8)15(20-19)14-10(16)4-3-5-11(14)17/h3-7,15,20H,19H2,1-2H3. The predicted molar refractivity (Wildman–Crippen MR) is 76.5 cm³/mol. The number of halogens is 3. The quantitative estimate of drug-likeness (QED) is 0.668. The molecule has 0 amide bonds. The van der Waals surface area contributed by atoms with Crippen LogP contribution >= 0.6 is 11.6 Å². The topological polar surface area (TPSA) is 38.0 Å². The van der Waals surface area contributed by atoms with E-state index in [1.807, 2.05) is 6.07 Å². The molecule has 0 bridgehead atoms. The van der Waals surface area contributed by atoms with Crippen molar-refractivity contribution in [2.45, 2.75) is 19.9 Å². The highest BCUT2D eigenvalue weighted by Crippen LogP contribution is 2.33. The largest absolute Gasteiger partial charge is 0.271 e. The van der Waals surface area contributed by atoms with Crippen molar-refractivity contribution in [3.63, 3.8) is 0 Å². The maximum atomic E-state index is 14.2. The van der Waals surface area contributed by atoms with Crippen LogP contribution < -0.4 is 11.3 Å². The van der Waals surface area contributed by atoms with Crippen molar-refractivity contribution in [1.29, 1.82) is 0 Å². The maximum Gasteiger partial charge on any atom is 0.129 e. The molecule has 0 fully saturated rings. The fourth-order valence-electron chi connectivity index (χ4n) is 2.39. The smallest absolute Gasteiger partial charge is 0.129 e. The van der Waals surface area contributed by atoms with Gasteiger partial charge < -0.3 is 0 Å². The van der Waals surface area contributed by atoms with Crippen LogP contribution in [0.5, 0.6) is 0 Å². The zero-order chi connectivity index (χ0) is 14.9. The van der Waals surface area contributed by atoms with Crippen LogP contribution in [0.4, 0.5) is 8.78 Å². The molecule has 0 heterocycles. The van der Waals surface area contributed by atoms with Crippen LogP contribution in [0, 0.1) is 25.5 Å². The van der Waals surface area contributed by atoms with Crippen molar-refractivity contribution in [2.24, 2.45) is 5.84 Å². The molecule has 0 saturated heterocycles. The van der Waals surface area contributed by atoms with Gasteiger partial charge in [-0.25, -0.2) is 14.2 Å². The van der Waals surface area contributed by atoms with Gasteiger partial charge in [0, 0.05) is 16.1 Å². The van der Waals surface area contributed by atoms with Gasteiger partial charge in [-0.15, -0.1) is 0 Å². The number of benzene rings is 2. The minimum atomic E-state index is -0.843. The summed E-state index contributed by atoms with van der Waals surface area (Å²) in [6.07, 6.45) is 0. The predicted octanol–water partition coefficient (Wildman–Crippen LogP) is 3.79. The van der Waals surface area contributed by atoms with E-state index in [1.165, 1.54) is 18.2 Å². The van der Waals surface area contributed by atoms with E-state index >= 15 is 0 Å². The lowest BCUT2D eigenvalue weighted by molar-refractivity contribution is 0.528. The van der Waals surface area contributed by atoms with Crippen molar-refractivity contribution in [2.75, 3.05) is 0 Å². The fourth-order valence-corrected chi connectivity index (χ4v) is 2.66. The van der Waals surface area contributed by atoms with Gasteiger partial charge in [-0.05, 0) is 43.2 Å². The molecule has 20 heavy (non-hydrogen) atoms. The first-order valence-electron chi connectivity index (χ1n) is 6.12. The summed E-state index contributed by atoms with van der Waals surface area (Å²) >= 11 is 6.03. The molecule has 1 unspecified atom stereocenters. The van der Waals surface area contributed by atoms with E-state index in [-0.39, 0.29) is 10.6 Å². The molecular weight excluding hydrogens is 282 g/mol. The number of nitrogens with two attached hydrogens (primary N) is 1. The summed E-state index contributed by atoms with van der Waals surface area (Å²) in [5, 5.41) is 0.201. The number of hydrogen-bond acceptors (Lipinski definition) is 2. The third-order valence-corrected chi connectivity index (χ3v) is 3.55. The van der Waals surface area contributed by atoms with E-state index in [0.29, 0.717) is 11.1 Å². The second kappa shape index (κ2) is 5.87. The van der Waals surface area contributed by atoms with E-state index in [0.717, 1.165) is 5.56 Å². The van der Waals surface area contributed by atoms with Crippen LogP contribution in [0.2, 0.25) is 5.02 Å². The highest BCUT2D eigenvalue weighted by atomic mass is 35.5. The Morgan fingerprint density at radius 2 is 1.80 bits per heavy atom. The molecule has 0 saturated carbocycles. The Balaban J connectivity index is 2.65. The molecule has 106 valence electrons. The van der Waals surface area contributed by atoms with Crippen molar-refractivity contribution < 1.29 is 8.78 Å². The highest BCUT2D eigenvalue weighted by Gasteiger charge is 2.24. The summed E-state index contributed by atoms with van der Waals surface area (Å²) in [6.45, 7) is 3.55. The zero-order valence-corrected chi connectivity index (χ0v) is 11.9. The van der Waals surface area contributed by atoms with Gasteiger partial charge in [-0.1, -0.05) is 23.7 Å². The average molecular weight is 297 g/mol. The number of hydrogen-bond donors (Lipinski definition) is 2. The minimum Gasteiger partial charge on any atom is -0.271 e. The number of rotatable bonds is 3. The minimum absolute atomic E-state index is 0.141. The van der Waals surface area contributed by atoms with Crippen LogP contribution in [-0.2, 0) is 0 Å². The molecule has 0 aliphatic heterocycles. The molecule has 2 aromatic rings. The van der Waals surface area contributed by atoms with Crippen LogP contribution in [-0.4, -0.2) is 0 Å². The molecule has 3 N–H and O–H groups in total. The first kappa shape index (κ1) is 14.9. The van der Waals surface area contributed by atoms with Crippen molar-refractivity contribution >= 4 is 11.6 Å². The summed E-state index contributed by atoms with van der Waals surface area (Å²) < 4.78 is 28.2. The molecule has 0 spiro atoms. The van der Waals surface area contributed by atoms with Crippen LogP contribution in [0.15, 0.2) is 30.3 Å². The molecular formula is C15H15ClF2N2. The average Bonchev–Trinajstić information content (AvgIpc) is 2.35. The first-order valence-corrected chi connectivity index (χ1v) is 6.50. The van der Waals surface area contributed by atoms with Crippen LogP contribution in [0.25, 0.3) is 0 Å². The van der Waals surface area contributed by atoms with Crippen LogP contribution in [0.3, 0.4) is 0 Å². The van der Waals surface area contributed by atoms with Gasteiger partial charge in [0.1, 0.15) is 11.6 Å². The molecule has 2 aromatic carbocycles. The first-order chi connectivity index (χ1) is 9.45. The third kappa shape index (κ3) is 2.68. The lowest BCUT2D eigenvalue weighted by atomic mass is 9.93. The fraction of sp³-hybridized carbons (Fsp3) is 0.200. The second-order valence-electron chi connectivity index (χ2n) is 4.71. The van der Waals surface area contributed by atoms with Crippen LogP contribution in [0.1, 0.15) is 28.3 Å². The maximum absolute atomic E-state index is 14.2. The van der Waals surface area contributed by atoms with Gasteiger partial charge in [0.2, 0.25) is 0 Å². The Kier molecular flexibility index (Phi) is 4.38. The third-order valence-electron chi connectivity index (χ3n) is 3.22. The van der Waals surface area contributed by atoms with Crippen molar-refractivity contribution in [3.05, 3.63) is 69.2 Å². The van der Waals surface area contributed by atoms with Crippen molar-refractivity contribution in [1.82, 2.24) is 5.43 Å². The summed E-state index contributed by atoms with van der Waals surface area (Å²) in [7, 11) is 0. The van der Waals surface area contributed by atoms with Gasteiger partial charge in [0.05, 0.1) is 6.04 Å². The summed E-state index contributed by atoms with van der Waals surface area (Å²) in [4.78, 5) is 0. The Bertz CT molecular complexity index is 601. The SMILES string of the molecule is Cc1cc(C)c(C(NN)c2c(F)cccc2Cl)c(F)c1. The monoisotopic (exact) mass is 296 g/mol. The molecule has 5 heteroatoms. The molecule has 1 atom stereocenters. The summed E-state index contributed by atoms with van der Waals surface area (Å²) in [6, 6.07) is 6.68. The Morgan fingerprint density at radius 3 is 2.35 bits per heavy atom. The van der Waals surface area contributed by atoms with E-state index < -0.39 is 17.7 Å². The van der Waals surface area contributed by atoms with Gasteiger partial charge >= 0.3 is 0 Å². The Labute approximate surface area is 121 Å².